The third-order valence-corrected chi connectivity index (χ3v) is 3.44. The van der Waals surface area contributed by atoms with Crippen molar-refractivity contribution in [1.29, 1.82) is 0 Å². The summed E-state index contributed by atoms with van der Waals surface area (Å²) >= 11 is 0. The number of ether oxygens (including phenoxy) is 1. The minimum absolute atomic E-state index is 0.0936. The Morgan fingerprint density at radius 1 is 1.53 bits per heavy atom. The number of nitrogens with two attached hydrogens (primary N) is 1. The van der Waals surface area contributed by atoms with Crippen LogP contribution in [0.2, 0.25) is 0 Å². The predicted octanol–water partition coefficient (Wildman–Crippen LogP) is 1.62. The van der Waals surface area contributed by atoms with Gasteiger partial charge >= 0.3 is 0 Å². The number of hydrogen-bond donors (Lipinski definition) is 2. The van der Waals surface area contributed by atoms with Gasteiger partial charge in [-0.15, -0.1) is 0 Å². The zero-order chi connectivity index (χ0) is 13.8. The lowest BCUT2D eigenvalue weighted by molar-refractivity contribution is -0.128. The van der Waals surface area contributed by atoms with Gasteiger partial charge in [-0.2, -0.15) is 0 Å². The summed E-state index contributed by atoms with van der Waals surface area (Å²) in [6.07, 6.45) is 1.82. The molecule has 0 aliphatic heterocycles. The van der Waals surface area contributed by atoms with E-state index in [0.29, 0.717) is 12.5 Å². The van der Waals surface area contributed by atoms with Crippen molar-refractivity contribution >= 4 is 5.91 Å². The topological polar surface area (TPSA) is 64.3 Å². The molecule has 3 N–H and O–H groups in total. The van der Waals surface area contributed by atoms with Crippen LogP contribution >= 0.6 is 0 Å². The maximum atomic E-state index is 12.0. The second-order valence-electron chi connectivity index (χ2n) is 5.26. The average Bonchev–Trinajstić information content (AvgIpc) is 3.19. The number of amides is 1. The summed E-state index contributed by atoms with van der Waals surface area (Å²) < 4.78 is 5.65. The molecule has 0 spiro atoms. The SMILES string of the molecule is Cc1cccc(OC(C)C(=O)NC(CN)C2CC2)c1. The van der Waals surface area contributed by atoms with Gasteiger partial charge in [0.15, 0.2) is 6.10 Å². The number of hydrogen-bond acceptors (Lipinski definition) is 3. The first-order valence-corrected chi connectivity index (χ1v) is 6.84. The fourth-order valence-electron chi connectivity index (χ4n) is 2.11. The van der Waals surface area contributed by atoms with Crippen molar-refractivity contribution in [1.82, 2.24) is 5.32 Å². The number of rotatable bonds is 6. The van der Waals surface area contributed by atoms with E-state index >= 15 is 0 Å². The minimum atomic E-state index is -0.505. The van der Waals surface area contributed by atoms with Gasteiger partial charge in [0.1, 0.15) is 5.75 Å². The highest BCUT2D eigenvalue weighted by molar-refractivity contribution is 5.81. The van der Waals surface area contributed by atoms with E-state index in [1.54, 1.807) is 6.92 Å². The molecule has 2 atom stereocenters. The quantitative estimate of drug-likeness (QED) is 0.818. The molecule has 1 amide bonds. The first kappa shape index (κ1) is 13.9. The van der Waals surface area contributed by atoms with E-state index in [0.717, 1.165) is 24.2 Å². The molecule has 1 saturated carbocycles. The monoisotopic (exact) mass is 262 g/mol. The van der Waals surface area contributed by atoms with Gasteiger partial charge in [0, 0.05) is 12.6 Å². The first-order chi connectivity index (χ1) is 9.10. The van der Waals surface area contributed by atoms with Crippen molar-refractivity contribution in [3.8, 4) is 5.75 Å². The van der Waals surface area contributed by atoms with Crippen molar-refractivity contribution in [2.45, 2.75) is 38.8 Å². The molecule has 1 aliphatic carbocycles. The zero-order valence-corrected chi connectivity index (χ0v) is 11.6. The molecule has 104 valence electrons. The van der Waals surface area contributed by atoms with Crippen molar-refractivity contribution in [3.05, 3.63) is 29.8 Å². The van der Waals surface area contributed by atoms with Crippen LogP contribution in [-0.4, -0.2) is 24.6 Å². The first-order valence-electron chi connectivity index (χ1n) is 6.84. The fourth-order valence-corrected chi connectivity index (χ4v) is 2.11. The van der Waals surface area contributed by atoms with Crippen LogP contribution in [0.25, 0.3) is 0 Å². The van der Waals surface area contributed by atoms with Crippen LogP contribution in [-0.2, 0) is 4.79 Å². The molecule has 0 bridgehead atoms. The summed E-state index contributed by atoms with van der Waals surface area (Å²) in [4.78, 5) is 12.0. The number of carbonyl (C=O) groups is 1. The fraction of sp³-hybridized carbons (Fsp3) is 0.533. The van der Waals surface area contributed by atoms with Crippen LogP contribution in [0.5, 0.6) is 5.75 Å². The molecule has 2 unspecified atom stereocenters. The molecule has 2 rings (SSSR count). The molecular formula is C15H22N2O2. The maximum absolute atomic E-state index is 12.0. The van der Waals surface area contributed by atoms with Gasteiger partial charge in [-0.3, -0.25) is 4.79 Å². The molecule has 19 heavy (non-hydrogen) atoms. The second kappa shape index (κ2) is 6.06. The van der Waals surface area contributed by atoms with E-state index in [-0.39, 0.29) is 11.9 Å². The molecule has 1 aromatic rings. The normalized spacial score (nSPS) is 17.6. The standard InChI is InChI=1S/C15H22N2O2/c1-10-4-3-5-13(8-10)19-11(2)15(18)17-14(9-16)12-6-7-12/h3-5,8,11-12,14H,6-7,9,16H2,1-2H3,(H,17,18). The van der Waals surface area contributed by atoms with Gasteiger partial charge in [-0.25, -0.2) is 0 Å². The van der Waals surface area contributed by atoms with Crippen LogP contribution in [0, 0.1) is 12.8 Å². The Kier molecular flexibility index (Phi) is 4.43. The Morgan fingerprint density at radius 3 is 2.84 bits per heavy atom. The highest BCUT2D eigenvalue weighted by Crippen LogP contribution is 2.32. The third kappa shape index (κ3) is 3.96. The molecule has 4 heteroatoms. The van der Waals surface area contributed by atoms with E-state index in [2.05, 4.69) is 5.32 Å². The van der Waals surface area contributed by atoms with Crippen molar-refractivity contribution in [2.75, 3.05) is 6.54 Å². The number of benzene rings is 1. The average molecular weight is 262 g/mol. The van der Waals surface area contributed by atoms with E-state index in [1.807, 2.05) is 31.2 Å². The summed E-state index contributed by atoms with van der Waals surface area (Å²) in [5.41, 5.74) is 6.79. The summed E-state index contributed by atoms with van der Waals surface area (Å²) in [6, 6.07) is 7.79. The summed E-state index contributed by atoms with van der Waals surface area (Å²) in [5, 5.41) is 2.97. The Hall–Kier alpha value is -1.55. The Morgan fingerprint density at radius 2 is 2.26 bits per heavy atom. The predicted molar refractivity (Wildman–Crippen MR) is 75.0 cm³/mol. The lowest BCUT2D eigenvalue weighted by atomic mass is 10.2. The molecule has 1 aliphatic rings. The van der Waals surface area contributed by atoms with Crippen molar-refractivity contribution in [3.63, 3.8) is 0 Å². The lowest BCUT2D eigenvalue weighted by Crippen LogP contribution is -2.46. The maximum Gasteiger partial charge on any atom is 0.261 e. The molecule has 1 aromatic carbocycles. The number of aryl methyl sites for hydroxylation is 1. The van der Waals surface area contributed by atoms with Crippen LogP contribution in [0.3, 0.4) is 0 Å². The van der Waals surface area contributed by atoms with Gasteiger partial charge in [-0.05, 0) is 50.3 Å². The zero-order valence-electron chi connectivity index (χ0n) is 11.6. The van der Waals surface area contributed by atoms with Crippen LogP contribution in [0.15, 0.2) is 24.3 Å². The highest BCUT2D eigenvalue weighted by atomic mass is 16.5. The van der Waals surface area contributed by atoms with E-state index < -0.39 is 6.10 Å². The van der Waals surface area contributed by atoms with Crippen molar-refractivity contribution < 1.29 is 9.53 Å². The number of carbonyl (C=O) groups excluding carboxylic acids is 1. The van der Waals surface area contributed by atoms with E-state index in [4.69, 9.17) is 10.5 Å². The van der Waals surface area contributed by atoms with Gasteiger partial charge in [0.05, 0.1) is 0 Å². The molecule has 0 saturated heterocycles. The van der Waals surface area contributed by atoms with Gasteiger partial charge in [0.2, 0.25) is 0 Å². The Balaban J connectivity index is 1.88. The Labute approximate surface area is 114 Å². The minimum Gasteiger partial charge on any atom is -0.481 e. The molecular weight excluding hydrogens is 240 g/mol. The van der Waals surface area contributed by atoms with Crippen LogP contribution in [0.1, 0.15) is 25.3 Å². The molecule has 1 fully saturated rings. The lowest BCUT2D eigenvalue weighted by Gasteiger charge is -2.20. The van der Waals surface area contributed by atoms with Crippen LogP contribution < -0.4 is 15.8 Å². The van der Waals surface area contributed by atoms with Crippen molar-refractivity contribution in [2.24, 2.45) is 11.7 Å². The molecule has 0 aromatic heterocycles. The van der Waals surface area contributed by atoms with Gasteiger partial charge in [-0.1, -0.05) is 12.1 Å². The van der Waals surface area contributed by atoms with E-state index in [9.17, 15) is 4.79 Å². The third-order valence-electron chi connectivity index (χ3n) is 3.44. The smallest absolute Gasteiger partial charge is 0.261 e. The summed E-state index contributed by atoms with van der Waals surface area (Å²) in [7, 11) is 0. The second-order valence-corrected chi connectivity index (χ2v) is 5.26. The summed E-state index contributed by atoms with van der Waals surface area (Å²) in [6.45, 7) is 4.25. The number of nitrogens with one attached hydrogen (secondary N) is 1. The summed E-state index contributed by atoms with van der Waals surface area (Å²) in [5.74, 6) is 1.18. The molecule has 4 nitrogen and oxygen atoms in total. The molecule has 0 radical (unpaired) electrons. The van der Waals surface area contributed by atoms with Gasteiger partial charge < -0.3 is 15.8 Å². The van der Waals surface area contributed by atoms with E-state index in [1.165, 1.54) is 0 Å². The molecule has 0 heterocycles. The van der Waals surface area contributed by atoms with Gasteiger partial charge in [0.25, 0.3) is 5.91 Å². The Bertz CT molecular complexity index is 444. The highest BCUT2D eigenvalue weighted by Gasteiger charge is 2.32. The largest absolute Gasteiger partial charge is 0.481 e. The van der Waals surface area contributed by atoms with Crippen LogP contribution in [0.4, 0.5) is 0 Å².